The number of imidazole rings is 1. The lowest BCUT2D eigenvalue weighted by atomic mass is 10.2. The molecule has 3 N–H and O–H groups in total. The van der Waals surface area contributed by atoms with Gasteiger partial charge >= 0.3 is 0 Å². The number of nitrogens with zero attached hydrogens (tertiary/aromatic N) is 3. The summed E-state index contributed by atoms with van der Waals surface area (Å²) >= 11 is 2.32. The molecule has 37 heavy (non-hydrogen) atoms. The molecule has 0 radical (unpaired) electrons. The van der Waals surface area contributed by atoms with Crippen LogP contribution >= 0.6 is 23.1 Å². The molecule has 0 spiro atoms. The summed E-state index contributed by atoms with van der Waals surface area (Å²) in [6.45, 7) is -0.849. The molecule has 1 aliphatic rings. The molecule has 0 unspecified atom stereocenters. The number of hydroxylamine groups is 1. The fourth-order valence-corrected chi connectivity index (χ4v) is 9.24. The monoisotopic (exact) mass is 589 g/mol. The zero-order valence-electron chi connectivity index (χ0n) is 19.3. The molecule has 3 aromatic rings. The molecular weight excluding hydrogens is 566 g/mol. The van der Waals surface area contributed by atoms with E-state index in [4.69, 9.17) is 0 Å². The van der Waals surface area contributed by atoms with E-state index in [0.717, 1.165) is 19.9 Å². The van der Waals surface area contributed by atoms with Crippen LogP contribution in [0.15, 0.2) is 58.2 Å². The molecule has 16 heteroatoms. The summed E-state index contributed by atoms with van der Waals surface area (Å²) in [6.07, 6.45) is 3.59. The number of carbonyl (C=O) groups is 1. The number of sulfonamides is 2. The summed E-state index contributed by atoms with van der Waals surface area (Å²) in [6, 6.07) is 7.07. The van der Waals surface area contributed by atoms with Crippen LogP contribution < -0.4 is 5.48 Å². The minimum Gasteiger partial charge on any atom is -0.340 e. The Morgan fingerprint density at radius 2 is 1.95 bits per heavy atom. The highest BCUT2D eigenvalue weighted by Crippen LogP contribution is 2.34. The molecule has 1 saturated heterocycles. The van der Waals surface area contributed by atoms with E-state index in [1.165, 1.54) is 47.6 Å². The number of hydrogen-bond donors (Lipinski definition) is 3. The SMILES string of the molecule is O=C(NO)[C@H]1CN(S(=O)(=O)CCCSc2ncc[nH]2)CCN1S(=O)(=O)c1ccc(-c2ccc(F)cc2)s1. The molecule has 0 aliphatic carbocycles. The van der Waals surface area contributed by atoms with Gasteiger partial charge in [0.15, 0.2) is 5.16 Å². The zero-order valence-corrected chi connectivity index (χ0v) is 22.5. The van der Waals surface area contributed by atoms with Crippen molar-refractivity contribution in [1.82, 2.24) is 24.1 Å². The third-order valence-electron chi connectivity index (χ3n) is 5.63. The summed E-state index contributed by atoms with van der Waals surface area (Å²) in [7, 11) is -8.00. The second kappa shape index (κ2) is 11.6. The second-order valence-electron chi connectivity index (χ2n) is 8.00. The van der Waals surface area contributed by atoms with Crippen molar-refractivity contribution in [3.63, 3.8) is 0 Å². The van der Waals surface area contributed by atoms with Crippen molar-refractivity contribution < 1.29 is 31.2 Å². The number of aromatic nitrogens is 2. The minimum atomic E-state index is -4.21. The number of H-pyrrole nitrogens is 1. The van der Waals surface area contributed by atoms with Crippen LogP contribution in [0.4, 0.5) is 4.39 Å². The number of amides is 1. The summed E-state index contributed by atoms with van der Waals surface area (Å²) < 4.78 is 67.9. The first kappa shape index (κ1) is 27.7. The van der Waals surface area contributed by atoms with Crippen molar-refractivity contribution in [2.75, 3.05) is 31.1 Å². The van der Waals surface area contributed by atoms with Gasteiger partial charge in [-0.1, -0.05) is 23.9 Å². The molecule has 0 saturated carbocycles. The third kappa shape index (κ3) is 6.39. The Labute approximate surface area is 221 Å². The molecule has 1 fully saturated rings. The Balaban J connectivity index is 1.47. The lowest BCUT2D eigenvalue weighted by molar-refractivity contribution is -0.134. The number of carbonyl (C=O) groups excluding carboxylic acids is 1. The van der Waals surface area contributed by atoms with Crippen LogP contribution in [0.2, 0.25) is 0 Å². The van der Waals surface area contributed by atoms with Crippen LogP contribution in [0.3, 0.4) is 0 Å². The number of thiophene rings is 1. The van der Waals surface area contributed by atoms with E-state index in [1.807, 2.05) is 0 Å². The number of rotatable bonds is 10. The number of halogens is 1. The molecule has 4 rings (SSSR count). The fourth-order valence-electron chi connectivity index (χ4n) is 3.78. The van der Waals surface area contributed by atoms with E-state index < -0.39 is 44.4 Å². The van der Waals surface area contributed by atoms with E-state index in [2.05, 4.69) is 9.97 Å². The third-order valence-corrected chi connectivity index (χ3v) is 12.1. The number of aromatic amines is 1. The van der Waals surface area contributed by atoms with Crippen LogP contribution in [0, 0.1) is 5.82 Å². The van der Waals surface area contributed by atoms with Gasteiger partial charge in [0.05, 0.1) is 5.75 Å². The first-order chi connectivity index (χ1) is 17.6. The average molecular weight is 590 g/mol. The highest BCUT2D eigenvalue weighted by atomic mass is 32.2. The standard InChI is InChI=1S/C21H24FN5O6S4/c22-16-4-2-15(3-5-16)18-6-7-19(35-18)37(32,33)27-11-10-26(14-17(27)20(28)25-29)36(30,31)13-1-12-34-21-23-8-9-24-21/h2-9,17,29H,1,10-14H2,(H,23,24)(H,25,28)/t17-/m1/s1. The second-order valence-corrected chi connectivity index (χ2v) is 14.4. The summed E-state index contributed by atoms with van der Waals surface area (Å²) in [5, 5.41) is 9.91. The normalized spacial score (nSPS) is 17.6. The Kier molecular flexibility index (Phi) is 8.67. The maximum Gasteiger partial charge on any atom is 0.263 e. The maximum atomic E-state index is 13.4. The van der Waals surface area contributed by atoms with Crippen molar-refractivity contribution in [3.8, 4) is 10.4 Å². The quantitative estimate of drug-likeness (QED) is 0.140. The van der Waals surface area contributed by atoms with Gasteiger partial charge in [0.25, 0.3) is 15.9 Å². The van der Waals surface area contributed by atoms with Gasteiger partial charge in [-0.25, -0.2) is 31.7 Å². The molecular formula is C21H24FN5O6S4. The molecule has 1 amide bonds. The van der Waals surface area contributed by atoms with Crippen molar-refractivity contribution in [2.24, 2.45) is 0 Å². The van der Waals surface area contributed by atoms with E-state index in [1.54, 1.807) is 18.5 Å². The number of piperazine rings is 1. The largest absolute Gasteiger partial charge is 0.340 e. The Morgan fingerprint density at radius 3 is 2.62 bits per heavy atom. The van der Waals surface area contributed by atoms with Gasteiger partial charge < -0.3 is 4.98 Å². The lowest BCUT2D eigenvalue weighted by Crippen LogP contribution is -2.61. The zero-order chi connectivity index (χ0) is 26.6. The Bertz CT molecular complexity index is 1430. The highest BCUT2D eigenvalue weighted by molar-refractivity contribution is 7.99. The summed E-state index contributed by atoms with van der Waals surface area (Å²) in [4.78, 5) is 20.0. The summed E-state index contributed by atoms with van der Waals surface area (Å²) in [5.41, 5.74) is 2.08. The molecule has 200 valence electrons. The van der Waals surface area contributed by atoms with E-state index in [-0.39, 0.29) is 23.1 Å². The molecule has 2 aromatic heterocycles. The Hall–Kier alpha value is -2.34. The first-order valence-electron chi connectivity index (χ1n) is 11.0. The van der Waals surface area contributed by atoms with Crippen LogP contribution in [0.5, 0.6) is 0 Å². The van der Waals surface area contributed by atoms with Crippen LogP contribution in [0.25, 0.3) is 10.4 Å². The van der Waals surface area contributed by atoms with Crippen molar-refractivity contribution in [3.05, 3.63) is 54.6 Å². The average Bonchev–Trinajstić information content (AvgIpc) is 3.59. The van der Waals surface area contributed by atoms with Gasteiger partial charge in [-0.3, -0.25) is 10.0 Å². The van der Waals surface area contributed by atoms with Crippen molar-refractivity contribution in [1.29, 1.82) is 0 Å². The molecule has 3 heterocycles. The maximum absolute atomic E-state index is 13.4. The first-order valence-corrected chi connectivity index (χ1v) is 15.9. The number of nitrogens with one attached hydrogen (secondary N) is 2. The van der Waals surface area contributed by atoms with Gasteiger partial charge in [-0.2, -0.15) is 8.61 Å². The fraction of sp³-hybridized carbons (Fsp3) is 0.333. The van der Waals surface area contributed by atoms with E-state index in [0.29, 0.717) is 27.8 Å². The van der Waals surface area contributed by atoms with Crippen molar-refractivity contribution >= 4 is 49.1 Å². The predicted octanol–water partition coefficient (Wildman–Crippen LogP) is 1.97. The minimum absolute atomic E-state index is 0.0613. The molecule has 11 nitrogen and oxygen atoms in total. The summed E-state index contributed by atoms with van der Waals surface area (Å²) in [5.74, 6) is -1.15. The number of hydrogen-bond acceptors (Lipinski definition) is 9. The molecule has 1 aliphatic heterocycles. The van der Waals surface area contributed by atoms with Gasteiger partial charge in [0.1, 0.15) is 16.1 Å². The van der Waals surface area contributed by atoms with Gasteiger partial charge in [0.2, 0.25) is 10.0 Å². The topological polar surface area (TPSA) is 153 Å². The lowest BCUT2D eigenvalue weighted by Gasteiger charge is -2.38. The van der Waals surface area contributed by atoms with E-state index in [9.17, 15) is 31.2 Å². The van der Waals surface area contributed by atoms with Crippen LogP contribution in [-0.2, 0) is 24.8 Å². The van der Waals surface area contributed by atoms with Crippen LogP contribution in [0.1, 0.15) is 6.42 Å². The van der Waals surface area contributed by atoms with Gasteiger partial charge in [-0.05, 0) is 36.2 Å². The smallest absolute Gasteiger partial charge is 0.263 e. The van der Waals surface area contributed by atoms with Gasteiger partial charge in [0, 0.05) is 42.7 Å². The van der Waals surface area contributed by atoms with Crippen molar-refractivity contribution in [2.45, 2.75) is 21.8 Å². The molecule has 0 bridgehead atoms. The highest BCUT2D eigenvalue weighted by Gasteiger charge is 2.43. The number of benzene rings is 1. The number of thioether (sulfide) groups is 1. The van der Waals surface area contributed by atoms with E-state index >= 15 is 0 Å². The molecule has 1 aromatic carbocycles. The molecule has 1 atom stereocenters. The van der Waals surface area contributed by atoms with Crippen LogP contribution in [-0.4, -0.2) is 83.7 Å². The Morgan fingerprint density at radius 1 is 1.19 bits per heavy atom. The predicted molar refractivity (Wildman–Crippen MR) is 137 cm³/mol. The van der Waals surface area contributed by atoms with Gasteiger partial charge in [-0.15, -0.1) is 11.3 Å².